The van der Waals surface area contributed by atoms with Crippen molar-refractivity contribution in [3.05, 3.63) is 77.4 Å². The third kappa shape index (κ3) is 2.58. The Morgan fingerprint density at radius 2 is 1.63 bits per heavy atom. The molecule has 0 amide bonds. The molecular weight excluding hydrogens is 236 g/mol. The molecule has 2 aromatic carbocycles. The van der Waals surface area contributed by atoms with E-state index >= 15 is 0 Å². The van der Waals surface area contributed by atoms with E-state index in [-0.39, 0.29) is 5.97 Å². The number of fused-ring (bicyclic) bond motifs is 1. The first-order chi connectivity index (χ1) is 9.33. The van der Waals surface area contributed by atoms with Gasteiger partial charge in [0.2, 0.25) is 0 Å². The number of esters is 1. The summed E-state index contributed by atoms with van der Waals surface area (Å²) in [6.45, 7) is 0. The summed E-state index contributed by atoms with van der Waals surface area (Å²) in [5.74, 6) is 0.301. The van der Waals surface area contributed by atoms with Gasteiger partial charge in [0.15, 0.2) is 0 Å². The van der Waals surface area contributed by atoms with E-state index in [9.17, 15) is 4.79 Å². The monoisotopic (exact) mass is 250 g/mol. The normalized spacial score (nSPS) is 12.8. The van der Waals surface area contributed by atoms with Gasteiger partial charge in [0.25, 0.3) is 0 Å². The minimum Gasteiger partial charge on any atom is -0.423 e. The maximum atomic E-state index is 11.9. The van der Waals surface area contributed by atoms with Gasteiger partial charge in [-0.15, -0.1) is 0 Å². The zero-order valence-electron chi connectivity index (χ0n) is 10.5. The van der Waals surface area contributed by atoms with Gasteiger partial charge in [-0.05, 0) is 48.2 Å². The lowest BCUT2D eigenvalue weighted by Gasteiger charge is -2.12. The molecule has 0 atom stereocenters. The van der Waals surface area contributed by atoms with Crippen LogP contribution in [0.1, 0.15) is 21.5 Å². The van der Waals surface area contributed by atoms with E-state index < -0.39 is 0 Å². The maximum Gasteiger partial charge on any atom is 0.343 e. The topological polar surface area (TPSA) is 26.3 Å². The summed E-state index contributed by atoms with van der Waals surface area (Å²) in [6, 6.07) is 14.9. The lowest BCUT2D eigenvalue weighted by molar-refractivity contribution is 0.0734. The Hall–Kier alpha value is -2.35. The number of carbonyl (C=O) groups excluding carboxylic acids is 1. The van der Waals surface area contributed by atoms with Crippen LogP contribution in [-0.2, 0) is 12.8 Å². The Morgan fingerprint density at radius 1 is 0.895 bits per heavy atom. The first kappa shape index (κ1) is 11.7. The van der Waals surface area contributed by atoms with Crippen LogP contribution in [-0.4, -0.2) is 5.97 Å². The number of hydrogen-bond donors (Lipinski definition) is 0. The predicted octanol–water partition coefficient (Wildman–Crippen LogP) is 3.56. The molecule has 0 spiro atoms. The van der Waals surface area contributed by atoms with Gasteiger partial charge >= 0.3 is 5.97 Å². The number of allylic oxidation sites excluding steroid dienone is 2. The van der Waals surface area contributed by atoms with Gasteiger partial charge in [0, 0.05) is 0 Å². The molecule has 0 fully saturated rings. The summed E-state index contributed by atoms with van der Waals surface area (Å²) in [5.41, 5.74) is 3.11. The van der Waals surface area contributed by atoms with Crippen LogP contribution in [0.15, 0.2) is 60.7 Å². The molecule has 2 heteroatoms. The molecule has 0 aliphatic heterocycles. The SMILES string of the molecule is O=C(Oc1ccc2c(c1)CC=CC2)c1ccccc1. The second-order valence-corrected chi connectivity index (χ2v) is 4.57. The van der Waals surface area contributed by atoms with Gasteiger partial charge in [-0.2, -0.15) is 0 Å². The number of ether oxygens (including phenoxy) is 1. The second kappa shape index (κ2) is 5.11. The molecule has 0 heterocycles. The Kier molecular flexibility index (Phi) is 3.15. The fourth-order valence-corrected chi connectivity index (χ4v) is 2.22. The van der Waals surface area contributed by atoms with Gasteiger partial charge in [-0.3, -0.25) is 0 Å². The van der Waals surface area contributed by atoms with Crippen molar-refractivity contribution in [3.63, 3.8) is 0 Å². The molecule has 19 heavy (non-hydrogen) atoms. The van der Waals surface area contributed by atoms with Crippen molar-refractivity contribution >= 4 is 5.97 Å². The van der Waals surface area contributed by atoms with Crippen LogP contribution in [0.3, 0.4) is 0 Å². The summed E-state index contributed by atoms with van der Waals surface area (Å²) in [4.78, 5) is 11.9. The van der Waals surface area contributed by atoms with Crippen molar-refractivity contribution in [2.45, 2.75) is 12.8 Å². The van der Waals surface area contributed by atoms with E-state index in [4.69, 9.17) is 4.74 Å². The van der Waals surface area contributed by atoms with Crippen LogP contribution in [0.2, 0.25) is 0 Å². The van der Waals surface area contributed by atoms with Gasteiger partial charge in [0.1, 0.15) is 5.75 Å². The van der Waals surface area contributed by atoms with Gasteiger partial charge in [0.05, 0.1) is 5.56 Å². The lowest BCUT2D eigenvalue weighted by Crippen LogP contribution is -2.09. The van der Waals surface area contributed by atoms with E-state index in [1.165, 1.54) is 11.1 Å². The lowest BCUT2D eigenvalue weighted by atomic mass is 9.97. The molecule has 2 aromatic rings. The molecule has 1 aliphatic rings. The minimum atomic E-state index is -0.313. The Bertz CT molecular complexity index is 627. The highest BCUT2D eigenvalue weighted by Gasteiger charge is 2.10. The van der Waals surface area contributed by atoms with Crippen LogP contribution in [0.5, 0.6) is 5.75 Å². The van der Waals surface area contributed by atoms with Crippen LogP contribution in [0.4, 0.5) is 0 Å². The molecule has 3 rings (SSSR count). The van der Waals surface area contributed by atoms with Gasteiger partial charge < -0.3 is 4.74 Å². The number of hydrogen-bond acceptors (Lipinski definition) is 2. The van der Waals surface area contributed by atoms with E-state index in [1.807, 2.05) is 36.4 Å². The molecule has 0 bridgehead atoms. The van der Waals surface area contributed by atoms with Crippen molar-refractivity contribution in [1.29, 1.82) is 0 Å². The second-order valence-electron chi connectivity index (χ2n) is 4.57. The molecule has 0 aromatic heterocycles. The van der Waals surface area contributed by atoms with E-state index in [0.717, 1.165) is 12.8 Å². The van der Waals surface area contributed by atoms with Gasteiger partial charge in [-0.25, -0.2) is 4.79 Å². The maximum absolute atomic E-state index is 11.9. The molecule has 0 unspecified atom stereocenters. The van der Waals surface area contributed by atoms with Crippen molar-refractivity contribution < 1.29 is 9.53 Å². The highest BCUT2D eigenvalue weighted by Crippen LogP contribution is 2.23. The van der Waals surface area contributed by atoms with Gasteiger partial charge in [-0.1, -0.05) is 36.4 Å². The Labute approximate surface area is 112 Å². The molecule has 1 aliphatic carbocycles. The summed E-state index contributed by atoms with van der Waals surface area (Å²) in [5, 5.41) is 0. The standard InChI is InChI=1S/C17H14O2/c18-17(14-7-2-1-3-8-14)19-16-11-10-13-6-4-5-9-15(13)12-16/h1-5,7-8,10-12H,6,9H2. The third-order valence-electron chi connectivity index (χ3n) is 3.24. The first-order valence-electron chi connectivity index (χ1n) is 6.37. The summed E-state index contributed by atoms with van der Waals surface area (Å²) in [7, 11) is 0. The number of benzene rings is 2. The molecule has 0 N–H and O–H groups in total. The zero-order valence-corrected chi connectivity index (χ0v) is 10.5. The highest BCUT2D eigenvalue weighted by atomic mass is 16.5. The molecule has 0 saturated heterocycles. The molecule has 0 saturated carbocycles. The first-order valence-corrected chi connectivity index (χ1v) is 6.37. The van der Waals surface area contributed by atoms with E-state index in [2.05, 4.69) is 12.2 Å². The average Bonchev–Trinajstić information content (AvgIpc) is 2.48. The Morgan fingerprint density at radius 3 is 2.42 bits per heavy atom. The van der Waals surface area contributed by atoms with Crippen LogP contribution >= 0.6 is 0 Å². The quantitative estimate of drug-likeness (QED) is 0.463. The Balaban J connectivity index is 1.79. The number of carbonyl (C=O) groups is 1. The fourth-order valence-electron chi connectivity index (χ4n) is 2.22. The van der Waals surface area contributed by atoms with Crippen LogP contribution < -0.4 is 4.74 Å². The summed E-state index contributed by atoms with van der Waals surface area (Å²) < 4.78 is 5.40. The highest BCUT2D eigenvalue weighted by molar-refractivity contribution is 5.90. The van der Waals surface area contributed by atoms with Crippen molar-refractivity contribution in [2.24, 2.45) is 0 Å². The fraction of sp³-hybridized carbons (Fsp3) is 0.118. The van der Waals surface area contributed by atoms with E-state index in [1.54, 1.807) is 12.1 Å². The largest absolute Gasteiger partial charge is 0.423 e. The number of rotatable bonds is 2. The van der Waals surface area contributed by atoms with Crippen molar-refractivity contribution in [1.82, 2.24) is 0 Å². The van der Waals surface area contributed by atoms with Crippen molar-refractivity contribution in [3.8, 4) is 5.75 Å². The minimum absolute atomic E-state index is 0.313. The van der Waals surface area contributed by atoms with E-state index in [0.29, 0.717) is 11.3 Å². The van der Waals surface area contributed by atoms with Crippen molar-refractivity contribution in [2.75, 3.05) is 0 Å². The summed E-state index contributed by atoms with van der Waals surface area (Å²) >= 11 is 0. The summed E-state index contributed by atoms with van der Waals surface area (Å²) in [6.07, 6.45) is 6.18. The third-order valence-corrected chi connectivity index (χ3v) is 3.24. The molecule has 2 nitrogen and oxygen atoms in total. The molecule has 94 valence electrons. The average molecular weight is 250 g/mol. The zero-order chi connectivity index (χ0) is 13.1. The predicted molar refractivity (Wildman–Crippen MR) is 74.4 cm³/mol. The molecular formula is C17H14O2. The smallest absolute Gasteiger partial charge is 0.343 e. The molecule has 0 radical (unpaired) electrons. The van der Waals surface area contributed by atoms with Crippen LogP contribution in [0.25, 0.3) is 0 Å². The van der Waals surface area contributed by atoms with Crippen LogP contribution in [0, 0.1) is 0 Å².